The summed E-state index contributed by atoms with van der Waals surface area (Å²) in [5.41, 5.74) is 0. The summed E-state index contributed by atoms with van der Waals surface area (Å²) in [7, 11) is -3.35. The summed E-state index contributed by atoms with van der Waals surface area (Å²) in [5.74, 6) is 0.847. The summed E-state index contributed by atoms with van der Waals surface area (Å²) in [6.45, 7) is 4.78. The molecule has 0 heterocycles. The fourth-order valence-corrected chi connectivity index (χ4v) is 5.33. The van der Waals surface area contributed by atoms with Crippen LogP contribution in [0.25, 0.3) is 0 Å². The van der Waals surface area contributed by atoms with Crippen LogP contribution < -0.4 is 4.74 Å². The van der Waals surface area contributed by atoms with Crippen LogP contribution in [0.4, 0.5) is 0 Å². The fourth-order valence-electron chi connectivity index (χ4n) is 3.11. The molecule has 1 aromatic rings. The Morgan fingerprint density at radius 1 is 0.852 bits per heavy atom. The maximum atomic E-state index is 12.4. The molecule has 0 fully saturated rings. The summed E-state index contributed by atoms with van der Waals surface area (Å²) < 4.78 is 30.6. The monoisotopic (exact) mass is 416 g/mol. The molecule has 0 saturated heterocycles. The number of ether oxygens (including phenoxy) is 1. The molecule has 0 bridgehead atoms. The zero-order valence-electron chi connectivity index (χ0n) is 17.1. The first-order chi connectivity index (χ1) is 13.1. The van der Waals surface area contributed by atoms with E-state index in [9.17, 15) is 8.42 Å². The minimum Gasteiger partial charge on any atom is -0.494 e. The van der Waals surface area contributed by atoms with E-state index in [2.05, 4.69) is 6.92 Å². The van der Waals surface area contributed by atoms with E-state index >= 15 is 0 Å². The van der Waals surface area contributed by atoms with E-state index in [1.165, 1.54) is 57.8 Å². The van der Waals surface area contributed by atoms with Gasteiger partial charge in [0, 0.05) is 5.88 Å². The van der Waals surface area contributed by atoms with Crippen LogP contribution in [0.2, 0.25) is 0 Å². The van der Waals surface area contributed by atoms with Gasteiger partial charge in [0.1, 0.15) is 5.75 Å². The molecule has 0 aliphatic rings. The Balaban J connectivity index is 2.20. The van der Waals surface area contributed by atoms with Gasteiger partial charge in [-0.2, -0.15) is 0 Å². The summed E-state index contributed by atoms with van der Waals surface area (Å²) in [6.07, 6.45) is 13.5. The van der Waals surface area contributed by atoms with Crippen LogP contribution in [0, 0.1) is 0 Å². The van der Waals surface area contributed by atoms with Gasteiger partial charge >= 0.3 is 0 Å². The predicted octanol–water partition coefficient (Wildman–Crippen LogP) is 6.78. The molecule has 0 N–H and O–H groups in total. The predicted molar refractivity (Wildman–Crippen MR) is 116 cm³/mol. The van der Waals surface area contributed by atoms with Crippen molar-refractivity contribution in [3.8, 4) is 5.75 Å². The highest BCUT2D eigenvalue weighted by molar-refractivity contribution is 7.92. The van der Waals surface area contributed by atoms with Gasteiger partial charge in [-0.15, -0.1) is 11.6 Å². The molecule has 0 saturated carbocycles. The molecule has 0 aromatic heterocycles. The third kappa shape index (κ3) is 9.34. The normalized spacial score (nSPS) is 12.9. The highest BCUT2D eigenvalue weighted by Gasteiger charge is 2.24. The van der Waals surface area contributed by atoms with Gasteiger partial charge in [-0.1, -0.05) is 71.6 Å². The Hall–Kier alpha value is -0.740. The Labute approximate surface area is 171 Å². The Bertz CT molecular complexity index is 580. The van der Waals surface area contributed by atoms with Crippen molar-refractivity contribution in [1.82, 2.24) is 0 Å². The molecule has 3 nitrogen and oxygen atoms in total. The van der Waals surface area contributed by atoms with Crippen molar-refractivity contribution in [3.05, 3.63) is 24.3 Å². The van der Waals surface area contributed by atoms with Crippen molar-refractivity contribution in [2.75, 3.05) is 12.5 Å². The molecule has 0 spiro atoms. The van der Waals surface area contributed by atoms with Gasteiger partial charge in [0.2, 0.25) is 0 Å². The molecule has 1 unspecified atom stereocenters. The molecule has 27 heavy (non-hydrogen) atoms. The number of unbranched alkanes of at least 4 members (excludes halogenated alkanes) is 9. The molecular weight excluding hydrogens is 380 g/mol. The van der Waals surface area contributed by atoms with Gasteiger partial charge in [-0.05, 0) is 37.1 Å². The van der Waals surface area contributed by atoms with Gasteiger partial charge in [0.15, 0.2) is 9.84 Å². The standard InChI is InChI=1S/C22H37ClO3S/c1-3-5-6-7-8-9-10-11-12-13-18-26-20-14-16-22(17-15-20)27(24,25)21(4-2)19-23/h14-17,21H,3-13,18-19H2,1-2H3. The topological polar surface area (TPSA) is 43.4 Å². The van der Waals surface area contributed by atoms with E-state index in [4.69, 9.17) is 16.3 Å². The third-order valence-electron chi connectivity index (χ3n) is 4.99. The van der Waals surface area contributed by atoms with E-state index < -0.39 is 15.1 Å². The average Bonchev–Trinajstić information content (AvgIpc) is 2.67. The van der Waals surface area contributed by atoms with Crippen molar-refractivity contribution in [3.63, 3.8) is 0 Å². The van der Waals surface area contributed by atoms with E-state index in [0.717, 1.165) is 12.2 Å². The Morgan fingerprint density at radius 2 is 1.37 bits per heavy atom. The Kier molecular flexibility index (Phi) is 12.9. The van der Waals surface area contributed by atoms with Crippen LogP contribution >= 0.6 is 11.6 Å². The van der Waals surface area contributed by atoms with Crippen molar-refractivity contribution < 1.29 is 13.2 Å². The first-order valence-corrected chi connectivity index (χ1v) is 12.7. The highest BCUT2D eigenvalue weighted by atomic mass is 35.5. The zero-order chi connectivity index (χ0) is 20.0. The number of hydrogen-bond donors (Lipinski definition) is 0. The van der Waals surface area contributed by atoms with Crippen LogP contribution in [0.1, 0.15) is 84.5 Å². The van der Waals surface area contributed by atoms with E-state index in [-0.39, 0.29) is 5.88 Å². The average molecular weight is 417 g/mol. The minimum absolute atomic E-state index is 0.121. The molecule has 1 rings (SSSR count). The summed E-state index contributed by atoms with van der Waals surface area (Å²) in [4.78, 5) is 0.321. The van der Waals surface area contributed by atoms with Crippen molar-refractivity contribution in [1.29, 1.82) is 0 Å². The lowest BCUT2D eigenvalue weighted by Gasteiger charge is -2.13. The maximum Gasteiger partial charge on any atom is 0.182 e. The van der Waals surface area contributed by atoms with E-state index in [1.807, 2.05) is 6.92 Å². The first kappa shape index (κ1) is 24.3. The molecular formula is C22H37ClO3S. The summed E-state index contributed by atoms with van der Waals surface area (Å²) >= 11 is 5.79. The molecule has 156 valence electrons. The van der Waals surface area contributed by atoms with Crippen molar-refractivity contribution in [2.45, 2.75) is 94.6 Å². The van der Waals surface area contributed by atoms with Gasteiger partial charge in [0.25, 0.3) is 0 Å². The lowest BCUT2D eigenvalue weighted by Crippen LogP contribution is -2.22. The number of rotatable bonds is 16. The van der Waals surface area contributed by atoms with Crippen LogP contribution in [-0.4, -0.2) is 26.2 Å². The van der Waals surface area contributed by atoms with Gasteiger partial charge < -0.3 is 4.74 Å². The minimum atomic E-state index is -3.35. The SMILES string of the molecule is CCCCCCCCCCCCOc1ccc(S(=O)(=O)C(CC)CCl)cc1. The molecule has 1 atom stereocenters. The van der Waals surface area contributed by atoms with Crippen LogP contribution in [-0.2, 0) is 9.84 Å². The molecule has 0 aliphatic carbocycles. The number of hydrogen-bond acceptors (Lipinski definition) is 3. The first-order valence-electron chi connectivity index (χ1n) is 10.6. The molecule has 0 aliphatic heterocycles. The number of alkyl halides is 1. The number of halogens is 1. The van der Waals surface area contributed by atoms with Gasteiger partial charge in [-0.3, -0.25) is 0 Å². The van der Waals surface area contributed by atoms with E-state index in [1.54, 1.807) is 24.3 Å². The lowest BCUT2D eigenvalue weighted by atomic mass is 10.1. The smallest absolute Gasteiger partial charge is 0.182 e. The van der Waals surface area contributed by atoms with Crippen LogP contribution in [0.15, 0.2) is 29.2 Å². The third-order valence-corrected chi connectivity index (χ3v) is 7.85. The largest absolute Gasteiger partial charge is 0.494 e. The highest BCUT2D eigenvalue weighted by Crippen LogP contribution is 2.22. The molecule has 5 heteroatoms. The summed E-state index contributed by atoms with van der Waals surface area (Å²) in [5, 5.41) is -0.530. The van der Waals surface area contributed by atoms with Crippen molar-refractivity contribution in [2.24, 2.45) is 0 Å². The molecule has 0 amide bonds. The second-order valence-corrected chi connectivity index (χ2v) is 9.77. The van der Waals surface area contributed by atoms with Crippen LogP contribution in [0.3, 0.4) is 0 Å². The number of benzene rings is 1. The van der Waals surface area contributed by atoms with Gasteiger partial charge in [-0.25, -0.2) is 8.42 Å². The summed E-state index contributed by atoms with van der Waals surface area (Å²) in [6, 6.07) is 6.73. The zero-order valence-corrected chi connectivity index (χ0v) is 18.7. The quantitative estimate of drug-likeness (QED) is 0.220. The second kappa shape index (κ2) is 14.3. The second-order valence-electron chi connectivity index (χ2n) is 7.23. The lowest BCUT2D eigenvalue weighted by molar-refractivity contribution is 0.304. The van der Waals surface area contributed by atoms with Crippen LogP contribution in [0.5, 0.6) is 5.75 Å². The molecule has 0 radical (unpaired) electrons. The Morgan fingerprint density at radius 3 is 1.85 bits per heavy atom. The van der Waals surface area contributed by atoms with E-state index in [0.29, 0.717) is 17.9 Å². The molecule has 1 aromatic carbocycles. The van der Waals surface area contributed by atoms with Gasteiger partial charge in [0.05, 0.1) is 16.8 Å². The fraction of sp³-hybridized carbons (Fsp3) is 0.727. The maximum absolute atomic E-state index is 12.4. The number of sulfone groups is 1. The van der Waals surface area contributed by atoms with Crippen molar-refractivity contribution >= 4 is 21.4 Å².